The van der Waals surface area contributed by atoms with Crippen LogP contribution in [-0.4, -0.2) is 35.4 Å². The molecule has 0 bridgehead atoms. The van der Waals surface area contributed by atoms with Crippen molar-refractivity contribution in [1.82, 2.24) is 4.98 Å². The molecule has 5 nitrogen and oxygen atoms in total. The second kappa shape index (κ2) is 8.47. The average molecular weight is 475 g/mol. The van der Waals surface area contributed by atoms with Crippen LogP contribution in [0, 0.1) is 5.41 Å². The largest absolute Gasteiger partial charge is 0.487 e. The lowest BCUT2D eigenvalue weighted by molar-refractivity contribution is -0.157. The van der Waals surface area contributed by atoms with Gasteiger partial charge in [0.1, 0.15) is 24.8 Å². The number of pyridine rings is 1. The third-order valence-corrected chi connectivity index (χ3v) is 5.26. The molecule has 0 aliphatic rings. The molecule has 0 aliphatic heterocycles. The van der Waals surface area contributed by atoms with Crippen LogP contribution < -0.4 is 4.74 Å². The summed E-state index contributed by atoms with van der Waals surface area (Å²) in [5, 5.41) is 11.0. The van der Waals surface area contributed by atoms with Gasteiger partial charge < -0.3 is 14.6 Å². The van der Waals surface area contributed by atoms with E-state index in [1.54, 1.807) is 6.20 Å². The molecule has 0 radical (unpaired) electrons. The molecule has 136 valence electrons. The lowest BCUT2D eigenvalue weighted by atomic mass is 9.91. The minimum absolute atomic E-state index is 0.00819. The molecule has 0 saturated heterocycles. The number of nitrogens with zero attached hydrogens (tertiary/aromatic N) is 1. The van der Waals surface area contributed by atoms with Gasteiger partial charge in [0, 0.05) is 16.1 Å². The van der Waals surface area contributed by atoms with Crippen LogP contribution in [0.25, 0.3) is 10.9 Å². The molecule has 25 heavy (non-hydrogen) atoms. The molecule has 0 spiro atoms. The normalized spacial score (nSPS) is 12.9. The minimum Gasteiger partial charge on any atom is -0.487 e. The molecule has 1 heterocycles. The second-order valence-electron chi connectivity index (χ2n) is 6.37. The molecule has 2 aromatic rings. The van der Waals surface area contributed by atoms with Crippen molar-refractivity contribution in [3.05, 3.63) is 33.3 Å². The Morgan fingerprint density at radius 2 is 2.04 bits per heavy atom. The number of aliphatic hydroxyl groups is 1. The number of aliphatic hydroxyl groups excluding tert-OH is 1. The first-order valence-corrected chi connectivity index (χ1v) is 9.55. The van der Waals surface area contributed by atoms with Gasteiger partial charge in [-0.3, -0.25) is 9.78 Å². The third-order valence-electron chi connectivity index (χ3n) is 4.01. The van der Waals surface area contributed by atoms with Crippen molar-refractivity contribution in [1.29, 1.82) is 0 Å². The summed E-state index contributed by atoms with van der Waals surface area (Å²) < 4.78 is 12.5. The highest BCUT2D eigenvalue weighted by Crippen LogP contribution is 2.37. The minimum atomic E-state index is -0.925. The van der Waals surface area contributed by atoms with Crippen LogP contribution in [0.1, 0.15) is 27.2 Å². The van der Waals surface area contributed by atoms with Gasteiger partial charge in [0.05, 0.1) is 9.89 Å². The van der Waals surface area contributed by atoms with Crippen LogP contribution in [-0.2, 0) is 9.53 Å². The first-order chi connectivity index (χ1) is 11.8. The molecule has 0 aliphatic carbocycles. The van der Waals surface area contributed by atoms with E-state index in [9.17, 15) is 9.90 Å². The predicted molar refractivity (Wildman–Crippen MR) is 104 cm³/mol. The second-order valence-corrected chi connectivity index (χ2v) is 8.08. The van der Waals surface area contributed by atoms with E-state index < -0.39 is 11.5 Å². The summed E-state index contributed by atoms with van der Waals surface area (Å²) >= 11 is 6.95. The van der Waals surface area contributed by atoms with Crippen molar-refractivity contribution in [3.63, 3.8) is 0 Å². The van der Waals surface area contributed by atoms with Crippen LogP contribution in [0.5, 0.6) is 5.75 Å². The van der Waals surface area contributed by atoms with E-state index in [-0.39, 0.29) is 19.2 Å². The number of hydrogen-bond acceptors (Lipinski definition) is 5. The van der Waals surface area contributed by atoms with E-state index in [1.807, 2.05) is 39.0 Å². The number of aromatic nitrogens is 1. The summed E-state index contributed by atoms with van der Waals surface area (Å²) in [6.45, 7) is 5.43. The van der Waals surface area contributed by atoms with E-state index in [0.717, 1.165) is 14.3 Å². The number of fused-ring (bicyclic) bond motifs is 1. The van der Waals surface area contributed by atoms with Gasteiger partial charge in [0.2, 0.25) is 0 Å². The van der Waals surface area contributed by atoms with Crippen molar-refractivity contribution in [2.75, 3.05) is 13.2 Å². The highest BCUT2D eigenvalue weighted by atomic mass is 79.9. The molecule has 1 aromatic carbocycles. The number of esters is 1. The Bertz CT molecular complexity index is 764. The molecule has 1 N–H and O–H groups in total. The highest BCUT2D eigenvalue weighted by Gasteiger charge is 2.27. The zero-order valence-electron chi connectivity index (χ0n) is 14.4. The number of rotatable bonds is 7. The standard InChI is InChI=1S/C18H21Br2NO4/c1-4-18(2,3)17(23)25-10-11(22)9-24-16-14(20)8-13(19)12-6-5-7-21-15(12)16/h5-8,11,22H,4,9-10H2,1-3H3. The summed E-state index contributed by atoms with van der Waals surface area (Å²) in [5.74, 6) is 0.212. The maximum absolute atomic E-state index is 11.9. The van der Waals surface area contributed by atoms with E-state index in [1.165, 1.54) is 0 Å². The zero-order chi connectivity index (χ0) is 18.6. The van der Waals surface area contributed by atoms with Gasteiger partial charge in [0.15, 0.2) is 5.75 Å². The topological polar surface area (TPSA) is 68.7 Å². The zero-order valence-corrected chi connectivity index (χ0v) is 17.6. The van der Waals surface area contributed by atoms with Crippen LogP contribution in [0.2, 0.25) is 0 Å². The quantitative estimate of drug-likeness (QED) is 0.599. The Kier molecular flexibility index (Phi) is 6.82. The number of hydrogen-bond donors (Lipinski definition) is 1. The summed E-state index contributed by atoms with van der Waals surface area (Å²) in [7, 11) is 0. The van der Waals surface area contributed by atoms with Crippen molar-refractivity contribution in [2.45, 2.75) is 33.3 Å². The Labute approximate surface area is 164 Å². The van der Waals surface area contributed by atoms with E-state index >= 15 is 0 Å². The lowest BCUT2D eigenvalue weighted by Crippen LogP contribution is -2.31. The molecule has 0 fully saturated rings. The molecule has 1 unspecified atom stereocenters. The Hall–Kier alpha value is -1.18. The number of ether oxygens (including phenoxy) is 2. The summed E-state index contributed by atoms with van der Waals surface area (Å²) in [5.41, 5.74) is 0.121. The monoisotopic (exact) mass is 473 g/mol. The molecular weight excluding hydrogens is 454 g/mol. The van der Waals surface area contributed by atoms with Gasteiger partial charge in [-0.2, -0.15) is 0 Å². The maximum atomic E-state index is 11.9. The van der Waals surface area contributed by atoms with E-state index in [2.05, 4.69) is 36.8 Å². The lowest BCUT2D eigenvalue weighted by Gasteiger charge is -2.21. The van der Waals surface area contributed by atoms with Crippen molar-refractivity contribution >= 4 is 48.7 Å². The van der Waals surface area contributed by atoms with Crippen molar-refractivity contribution in [3.8, 4) is 5.75 Å². The van der Waals surface area contributed by atoms with Crippen LogP contribution in [0.4, 0.5) is 0 Å². The van der Waals surface area contributed by atoms with E-state index in [4.69, 9.17) is 9.47 Å². The molecule has 1 atom stereocenters. The Balaban J connectivity index is 2.02. The van der Waals surface area contributed by atoms with Gasteiger partial charge in [-0.25, -0.2) is 0 Å². The van der Waals surface area contributed by atoms with Gasteiger partial charge >= 0.3 is 5.97 Å². The summed E-state index contributed by atoms with van der Waals surface area (Å²) in [6, 6.07) is 5.64. The molecule has 0 saturated carbocycles. The third kappa shape index (κ3) is 4.92. The molecule has 0 amide bonds. The smallest absolute Gasteiger partial charge is 0.311 e. The first kappa shape index (κ1) is 20.1. The first-order valence-electron chi connectivity index (χ1n) is 7.97. The van der Waals surface area contributed by atoms with Crippen LogP contribution >= 0.6 is 31.9 Å². The van der Waals surface area contributed by atoms with Crippen molar-refractivity contribution < 1.29 is 19.4 Å². The van der Waals surface area contributed by atoms with Gasteiger partial charge in [-0.1, -0.05) is 28.9 Å². The summed E-state index contributed by atoms with van der Waals surface area (Å²) in [6.07, 6.45) is 1.42. The van der Waals surface area contributed by atoms with E-state index in [0.29, 0.717) is 17.7 Å². The highest BCUT2D eigenvalue weighted by molar-refractivity contribution is 9.11. The van der Waals surface area contributed by atoms with Crippen LogP contribution in [0.3, 0.4) is 0 Å². The molecule has 7 heteroatoms. The number of carbonyl (C=O) groups excluding carboxylic acids is 1. The fraction of sp³-hybridized carbons (Fsp3) is 0.444. The number of benzene rings is 1. The predicted octanol–water partition coefficient (Wildman–Crippen LogP) is 4.48. The Morgan fingerprint density at radius 1 is 1.32 bits per heavy atom. The SMILES string of the molecule is CCC(C)(C)C(=O)OCC(O)COc1c(Br)cc(Br)c2cccnc12. The average Bonchev–Trinajstić information content (AvgIpc) is 2.59. The van der Waals surface area contributed by atoms with Gasteiger partial charge in [0.25, 0.3) is 0 Å². The van der Waals surface area contributed by atoms with Gasteiger partial charge in [-0.15, -0.1) is 0 Å². The summed E-state index contributed by atoms with van der Waals surface area (Å²) in [4.78, 5) is 16.3. The maximum Gasteiger partial charge on any atom is 0.311 e. The number of carbonyl (C=O) groups is 1. The molecule has 2 rings (SSSR count). The van der Waals surface area contributed by atoms with Gasteiger partial charge in [-0.05, 0) is 48.3 Å². The number of halogens is 2. The van der Waals surface area contributed by atoms with Crippen LogP contribution in [0.15, 0.2) is 33.3 Å². The molecule has 1 aromatic heterocycles. The Morgan fingerprint density at radius 3 is 2.72 bits per heavy atom. The fourth-order valence-electron chi connectivity index (χ4n) is 2.02. The fourth-order valence-corrected chi connectivity index (χ4v) is 3.41. The van der Waals surface area contributed by atoms with Crippen molar-refractivity contribution in [2.24, 2.45) is 5.41 Å². The molecular formula is C18H21Br2NO4.